The van der Waals surface area contributed by atoms with Gasteiger partial charge in [0.2, 0.25) is 0 Å². The molecule has 23 heavy (non-hydrogen) atoms. The molecule has 3 aromatic rings. The summed E-state index contributed by atoms with van der Waals surface area (Å²) in [6, 6.07) is 9.83. The van der Waals surface area contributed by atoms with Crippen LogP contribution in [-0.4, -0.2) is 35.0 Å². The van der Waals surface area contributed by atoms with Crippen molar-refractivity contribution < 1.29 is 0 Å². The smallest absolute Gasteiger partial charge is 0.173 e. The van der Waals surface area contributed by atoms with E-state index in [-0.39, 0.29) is 6.04 Å². The fraction of sp³-hybridized carbons (Fsp3) is 0.400. The Morgan fingerprint density at radius 3 is 2.65 bits per heavy atom. The van der Waals surface area contributed by atoms with Crippen LogP contribution in [0.3, 0.4) is 0 Å². The van der Waals surface area contributed by atoms with Gasteiger partial charge >= 0.3 is 0 Å². The van der Waals surface area contributed by atoms with Gasteiger partial charge < -0.3 is 9.88 Å². The molecule has 0 fully saturated rings. The predicted molar refractivity (Wildman–Crippen MR) is 84.8 cm³/mol. The molecule has 0 aliphatic rings. The number of tetrazole rings is 1. The highest BCUT2D eigenvalue weighted by atomic mass is 15.5. The second kappa shape index (κ2) is 6.66. The summed E-state index contributed by atoms with van der Waals surface area (Å²) in [5.41, 5.74) is 0.939. The summed E-state index contributed by atoms with van der Waals surface area (Å²) in [6.45, 7) is 7.53. The van der Waals surface area contributed by atoms with E-state index in [0.717, 1.165) is 29.7 Å². The van der Waals surface area contributed by atoms with Gasteiger partial charge in [-0.05, 0) is 43.3 Å². The van der Waals surface area contributed by atoms with E-state index in [9.17, 15) is 0 Å². The first-order valence-corrected chi connectivity index (χ1v) is 7.66. The molecule has 3 rings (SSSR count). The van der Waals surface area contributed by atoms with Gasteiger partial charge in [-0.2, -0.15) is 4.68 Å². The van der Waals surface area contributed by atoms with E-state index in [4.69, 9.17) is 0 Å². The van der Waals surface area contributed by atoms with Crippen molar-refractivity contribution in [2.45, 2.75) is 39.9 Å². The maximum Gasteiger partial charge on any atom is 0.173 e. The molecular weight excluding hydrogens is 292 g/mol. The maximum absolute atomic E-state index is 4.21. The van der Waals surface area contributed by atoms with Gasteiger partial charge in [-0.25, -0.2) is 0 Å². The SMILES string of the molecule is CCn1c(C)nnc1CNC(C)c1nnnn1-c1ccccc1. The molecule has 1 unspecified atom stereocenters. The average Bonchev–Trinajstić information content (AvgIpc) is 3.20. The van der Waals surface area contributed by atoms with Gasteiger partial charge in [0.1, 0.15) is 11.6 Å². The molecule has 0 spiro atoms. The van der Waals surface area contributed by atoms with Crippen molar-refractivity contribution >= 4 is 0 Å². The molecule has 1 atom stereocenters. The first kappa shape index (κ1) is 15.3. The lowest BCUT2D eigenvalue weighted by Crippen LogP contribution is -2.23. The number of benzene rings is 1. The van der Waals surface area contributed by atoms with Gasteiger partial charge in [-0.1, -0.05) is 18.2 Å². The van der Waals surface area contributed by atoms with Crippen molar-refractivity contribution in [2.75, 3.05) is 0 Å². The summed E-state index contributed by atoms with van der Waals surface area (Å²) in [4.78, 5) is 0. The lowest BCUT2D eigenvalue weighted by molar-refractivity contribution is 0.507. The highest BCUT2D eigenvalue weighted by molar-refractivity contribution is 5.30. The van der Waals surface area contributed by atoms with Crippen LogP contribution in [0.15, 0.2) is 30.3 Å². The number of hydrogen-bond donors (Lipinski definition) is 1. The van der Waals surface area contributed by atoms with Crippen LogP contribution in [0.5, 0.6) is 0 Å². The largest absolute Gasteiger partial charge is 0.314 e. The summed E-state index contributed by atoms with van der Waals surface area (Å²) >= 11 is 0. The number of nitrogens with one attached hydrogen (secondary N) is 1. The number of rotatable bonds is 6. The lowest BCUT2D eigenvalue weighted by atomic mass is 10.3. The van der Waals surface area contributed by atoms with Gasteiger partial charge in [0, 0.05) is 6.54 Å². The lowest BCUT2D eigenvalue weighted by Gasteiger charge is -2.13. The third kappa shape index (κ3) is 3.11. The highest BCUT2D eigenvalue weighted by Gasteiger charge is 2.16. The molecule has 0 saturated carbocycles. The Labute approximate surface area is 134 Å². The average molecular weight is 312 g/mol. The number of aryl methyl sites for hydroxylation is 1. The third-order valence-electron chi connectivity index (χ3n) is 3.78. The minimum Gasteiger partial charge on any atom is -0.314 e. The molecular formula is C15H20N8. The molecule has 8 heteroatoms. The normalized spacial score (nSPS) is 12.5. The summed E-state index contributed by atoms with van der Waals surface area (Å²) in [6.07, 6.45) is 0. The summed E-state index contributed by atoms with van der Waals surface area (Å²) < 4.78 is 3.83. The molecule has 0 radical (unpaired) electrons. The van der Waals surface area contributed by atoms with Crippen molar-refractivity contribution in [1.29, 1.82) is 0 Å². The van der Waals surface area contributed by atoms with Crippen molar-refractivity contribution in [3.8, 4) is 5.69 Å². The topological polar surface area (TPSA) is 86.3 Å². The van der Waals surface area contributed by atoms with E-state index in [1.54, 1.807) is 4.68 Å². The summed E-state index contributed by atoms with van der Waals surface area (Å²) in [5.74, 6) is 2.59. The fourth-order valence-corrected chi connectivity index (χ4v) is 2.52. The van der Waals surface area contributed by atoms with Crippen LogP contribution >= 0.6 is 0 Å². The van der Waals surface area contributed by atoms with Crippen LogP contribution in [-0.2, 0) is 13.1 Å². The second-order valence-corrected chi connectivity index (χ2v) is 5.29. The van der Waals surface area contributed by atoms with Gasteiger partial charge in [-0.3, -0.25) is 0 Å². The van der Waals surface area contributed by atoms with E-state index in [1.807, 2.05) is 44.2 Å². The molecule has 1 aromatic carbocycles. The van der Waals surface area contributed by atoms with E-state index in [0.29, 0.717) is 6.54 Å². The Hall–Kier alpha value is -2.61. The van der Waals surface area contributed by atoms with E-state index in [2.05, 4.69) is 42.5 Å². The van der Waals surface area contributed by atoms with Gasteiger partial charge in [-0.15, -0.1) is 15.3 Å². The number of aromatic nitrogens is 7. The Bertz CT molecular complexity index is 761. The van der Waals surface area contributed by atoms with Crippen molar-refractivity contribution in [1.82, 2.24) is 40.3 Å². The zero-order valence-electron chi connectivity index (χ0n) is 13.5. The fourth-order valence-electron chi connectivity index (χ4n) is 2.52. The zero-order valence-corrected chi connectivity index (χ0v) is 13.5. The molecule has 0 aliphatic carbocycles. The Morgan fingerprint density at radius 1 is 1.13 bits per heavy atom. The van der Waals surface area contributed by atoms with E-state index in [1.165, 1.54) is 0 Å². The molecule has 0 saturated heterocycles. The monoisotopic (exact) mass is 312 g/mol. The van der Waals surface area contributed by atoms with E-state index < -0.39 is 0 Å². The van der Waals surface area contributed by atoms with Gasteiger partial charge in [0.15, 0.2) is 5.82 Å². The summed E-state index contributed by atoms with van der Waals surface area (Å²) in [7, 11) is 0. The van der Waals surface area contributed by atoms with Crippen molar-refractivity contribution in [3.05, 3.63) is 47.8 Å². The minimum absolute atomic E-state index is 0.0208. The minimum atomic E-state index is -0.0208. The van der Waals surface area contributed by atoms with Crippen LogP contribution in [0.25, 0.3) is 5.69 Å². The Balaban J connectivity index is 1.74. The highest BCUT2D eigenvalue weighted by Crippen LogP contribution is 2.14. The van der Waals surface area contributed by atoms with Crippen LogP contribution in [0, 0.1) is 6.92 Å². The van der Waals surface area contributed by atoms with Crippen LogP contribution in [0.1, 0.15) is 37.4 Å². The maximum atomic E-state index is 4.21. The van der Waals surface area contributed by atoms with Crippen LogP contribution in [0.2, 0.25) is 0 Å². The number of nitrogens with zero attached hydrogens (tertiary/aromatic N) is 7. The van der Waals surface area contributed by atoms with Crippen LogP contribution in [0.4, 0.5) is 0 Å². The molecule has 2 heterocycles. The molecule has 0 bridgehead atoms. The van der Waals surface area contributed by atoms with Crippen molar-refractivity contribution in [3.63, 3.8) is 0 Å². The molecule has 0 aliphatic heterocycles. The van der Waals surface area contributed by atoms with Crippen LogP contribution < -0.4 is 5.32 Å². The first-order chi connectivity index (χ1) is 11.2. The van der Waals surface area contributed by atoms with Gasteiger partial charge in [0.05, 0.1) is 18.3 Å². The molecule has 0 amide bonds. The quantitative estimate of drug-likeness (QED) is 0.741. The molecule has 120 valence electrons. The predicted octanol–water partition coefficient (Wildman–Crippen LogP) is 1.43. The molecule has 1 N–H and O–H groups in total. The van der Waals surface area contributed by atoms with Crippen molar-refractivity contribution in [2.24, 2.45) is 0 Å². The number of hydrogen-bond acceptors (Lipinski definition) is 6. The molecule has 8 nitrogen and oxygen atoms in total. The Morgan fingerprint density at radius 2 is 1.91 bits per heavy atom. The van der Waals surface area contributed by atoms with E-state index >= 15 is 0 Å². The zero-order chi connectivity index (χ0) is 16.2. The number of para-hydroxylation sites is 1. The first-order valence-electron chi connectivity index (χ1n) is 7.66. The molecule has 2 aromatic heterocycles. The van der Waals surface area contributed by atoms with Gasteiger partial charge in [0.25, 0.3) is 0 Å². The Kier molecular flexibility index (Phi) is 4.42. The standard InChI is InChI=1S/C15H20N8/c1-4-22-12(3)17-18-14(22)10-16-11(2)15-19-20-21-23(15)13-8-6-5-7-9-13/h5-9,11,16H,4,10H2,1-3H3. The second-order valence-electron chi connectivity index (χ2n) is 5.29. The third-order valence-corrected chi connectivity index (χ3v) is 3.78. The summed E-state index contributed by atoms with van der Waals surface area (Å²) in [5, 5.41) is 23.8.